The maximum atomic E-state index is 12.0. The number of allylic oxidation sites excluding steroid dienone is 3. The van der Waals surface area contributed by atoms with Crippen molar-refractivity contribution in [1.82, 2.24) is 0 Å². The van der Waals surface area contributed by atoms with E-state index >= 15 is 0 Å². The topological polar surface area (TPSA) is 43.4 Å². The van der Waals surface area contributed by atoms with Crippen LogP contribution in [0.2, 0.25) is 0 Å². The molecule has 0 aliphatic carbocycles. The van der Waals surface area contributed by atoms with Crippen molar-refractivity contribution in [1.29, 1.82) is 0 Å². The van der Waals surface area contributed by atoms with Gasteiger partial charge in [0.05, 0.1) is 5.56 Å². The highest BCUT2D eigenvalue weighted by Crippen LogP contribution is 2.15. The Morgan fingerprint density at radius 3 is 2.10 bits per heavy atom. The number of hydrogen-bond donors (Lipinski definition) is 0. The van der Waals surface area contributed by atoms with Crippen molar-refractivity contribution in [3.05, 3.63) is 120 Å². The maximum absolute atomic E-state index is 12.0. The van der Waals surface area contributed by atoms with Gasteiger partial charge in [0, 0.05) is 6.42 Å². The average Bonchev–Trinajstić information content (AvgIpc) is 2.77. The zero-order chi connectivity index (χ0) is 20.3. The van der Waals surface area contributed by atoms with Crippen LogP contribution in [-0.2, 0) is 11.2 Å². The maximum Gasteiger partial charge on any atom is 0.343 e. The Bertz CT molecular complexity index is 985. The molecule has 3 nitrogen and oxygen atoms in total. The molecule has 0 saturated carbocycles. The summed E-state index contributed by atoms with van der Waals surface area (Å²) >= 11 is 0. The summed E-state index contributed by atoms with van der Waals surface area (Å²) in [6.45, 7) is 0. The molecule has 0 amide bonds. The van der Waals surface area contributed by atoms with Gasteiger partial charge in [-0.05, 0) is 47.9 Å². The predicted octanol–water partition coefficient (Wildman–Crippen LogP) is 5.68. The summed E-state index contributed by atoms with van der Waals surface area (Å²) in [7, 11) is 0. The molecule has 0 aliphatic heterocycles. The van der Waals surface area contributed by atoms with Gasteiger partial charge in [-0.2, -0.15) is 0 Å². The fourth-order valence-electron chi connectivity index (χ4n) is 2.71. The molecule has 3 rings (SSSR count). The first-order chi connectivity index (χ1) is 14.2. The van der Waals surface area contributed by atoms with Crippen molar-refractivity contribution in [3.8, 4) is 5.75 Å². The van der Waals surface area contributed by atoms with Crippen molar-refractivity contribution >= 4 is 17.8 Å². The lowest BCUT2D eigenvalue weighted by atomic mass is 10.1. The van der Waals surface area contributed by atoms with Gasteiger partial charge in [-0.3, -0.25) is 4.79 Å². The number of aryl methyl sites for hydroxylation is 1. The van der Waals surface area contributed by atoms with E-state index in [4.69, 9.17) is 4.74 Å². The van der Waals surface area contributed by atoms with Crippen molar-refractivity contribution in [3.63, 3.8) is 0 Å². The van der Waals surface area contributed by atoms with Crippen LogP contribution >= 0.6 is 0 Å². The Labute approximate surface area is 171 Å². The Kier molecular flexibility index (Phi) is 7.30. The quantitative estimate of drug-likeness (QED) is 0.218. The van der Waals surface area contributed by atoms with E-state index in [9.17, 15) is 9.59 Å². The molecule has 3 aromatic rings. The van der Waals surface area contributed by atoms with Gasteiger partial charge < -0.3 is 4.74 Å². The number of ether oxygens (including phenoxy) is 1. The number of esters is 1. The number of hydrogen-bond acceptors (Lipinski definition) is 3. The molecule has 0 fully saturated rings. The molecule has 0 atom stereocenters. The summed E-state index contributed by atoms with van der Waals surface area (Å²) in [5.41, 5.74) is 2.62. The number of ketones is 1. The van der Waals surface area contributed by atoms with E-state index in [0.29, 0.717) is 24.2 Å². The van der Waals surface area contributed by atoms with Crippen LogP contribution in [0.15, 0.2) is 103 Å². The third-order valence-corrected chi connectivity index (χ3v) is 4.28. The van der Waals surface area contributed by atoms with Gasteiger partial charge in [0.1, 0.15) is 5.75 Å². The number of carbonyl (C=O) groups excluding carboxylic acids is 2. The highest BCUT2D eigenvalue weighted by Gasteiger charge is 2.07. The fourth-order valence-corrected chi connectivity index (χ4v) is 2.71. The first kappa shape index (κ1) is 20.0. The van der Waals surface area contributed by atoms with Gasteiger partial charge in [-0.1, -0.05) is 78.9 Å². The molecule has 0 N–H and O–H groups in total. The molecule has 0 aliphatic rings. The third-order valence-electron chi connectivity index (χ3n) is 4.28. The van der Waals surface area contributed by atoms with E-state index in [1.165, 1.54) is 0 Å². The largest absolute Gasteiger partial charge is 0.423 e. The summed E-state index contributed by atoms with van der Waals surface area (Å²) in [5.74, 6) is 0.171. The second-order valence-corrected chi connectivity index (χ2v) is 6.49. The zero-order valence-corrected chi connectivity index (χ0v) is 16.0. The summed E-state index contributed by atoms with van der Waals surface area (Å²) in [5, 5.41) is 0. The number of carbonyl (C=O) groups is 2. The second kappa shape index (κ2) is 10.6. The number of rotatable bonds is 8. The minimum Gasteiger partial charge on any atom is -0.423 e. The SMILES string of the molecule is O=C(/C=C/C=C/c1ccccc1)CCc1ccc(OC(=O)c2ccccc2)cc1. The van der Waals surface area contributed by atoms with E-state index < -0.39 is 0 Å². The van der Waals surface area contributed by atoms with Crippen molar-refractivity contribution in [2.75, 3.05) is 0 Å². The lowest BCUT2D eigenvalue weighted by molar-refractivity contribution is -0.114. The average molecular weight is 382 g/mol. The first-order valence-corrected chi connectivity index (χ1v) is 9.49. The molecule has 0 bridgehead atoms. The minimum absolute atomic E-state index is 0.0716. The Balaban J connectivity index is 1.45. The summed E-state index contributed by atoms with van der Waals surface area (Å²) in [4.78, 5) is 24.1. The third kappa shape index (κ3) is 6.74. The van der Waals surface area contributed by atoms with E-state index in [2.05, 4.69) is 0 Å². The van der Waals surface area contributed by atoms with Crippen LogP contribution < -0.4 is 4.74 Å². The Hall–Kier alpha value is -3.72. The van der Waals surface area contributed by atoms with E-state index in [-0.39, 0.29) is 11.8 Å². The van der Waals surface area contributed by atoms with Gasteiger partial charge in [0.15, 0.2) is 5.78 Å². The normalized spacial score (nSPS) is 11.0. The van der Waals surface area contributed by atoms with Crippen LogP contribution in [0.3, 0.4) is 0 Å². The molecule has 0 unspecified atom stereocenters. The minimum atomic E-state index is -0.387. The Morgan fingerprint density at radius 1 is 0.759 bits per heavy atom. The summed E-state index contributed by atoms with van der Waals surface area (Å²) in [6.07, 6.45) is 8.25. The van der Waals surface area contributed by atoms with Crippen molar-refractivity contribution in [2.45, 2.75) is 12.8 Å². The van der Waals surface area contributed by atoms with Crippen molar-refractivity contribution < 1.29 is 14.3 Å². The molecule has 3 aromatic carbocycles. The van der Waals surface area contributed by atoms with Gasteiger partial charge in [0.2, 0.25) is 0 Å². The highest BCUT2D eigenvalue weighted by atomic mass is 16.5. The lowest BCUT2D eigenvalue weighted by Crippen LogP contribution is -2.08. The molecule has 144 valence electrons. The van der Waals surface area contributed by atoms with E-state index in [0.717, 1.165) is 11.1 Å². The Morgan fingerprint density at radius 2 is 1.41 bits per heavy atom. The summed E-state index contributed by atoms with van der Waals surface area (Å²) in [6, 6.07) is 26.0. The molecular weight excluding hydrogens is 360 g/mol. The summed E-state index contributed by atoms with van der Waals surface area (Å²) < 4.78 is 5.36. The van der Waals surface area contributed by atoms with Crippen LogP contribution in [-0.4, -0.2) is 11.8 Å². The van der Waals surface area contributed by atoms with Crippen LogP contribution in [0.25, 0.3) is 6.08 Å². The van der Waals surface area contributed by atoms with Gasteiger partial charge in [-0.15, -0.1) is 0 Å². The van der Waals surface area contributed by atoms with Crippen LogP contribution in [0.4, 0.5) is 0 Å². The molecule has 3 heteroatoms. The second-order valence-electron chi connectivity index (χ2n) is 6.49. The van der Waals surface area contributed by atoms with Gasteiger partial charge in [0.25, 0.3) is 0 Å². The van der Waals surface area contributed by atoms with Crippen LogP contribution in [0, 0.1) is 0 Å². The molecular formula is C26H22O3. The number of benzene rings is 3. The zero-order valence-electron chi connectivity index (χ0n) is 16.0. The lowest BCUT2D eigenvalue weighted by Gasteiger charge is -2.05. The van der Waals surface area contributed by atoms with Crippen molar-refractivity contribution in [2.24, 2.45) is 0 Å². The molecule has 0 aromatic heterocycles. The molecule has 0 saturated heterocycles. The smallest absolute Gasteiger partial charge is 0.343 e. The standard InChI is InChI=1S/C26H22O3/c27-24(14-8-7-11-21-9-3-1-4-10-21)18-15-22-16-19-25(20-17-22)29-26(28)23-12-5-2-6-13-23/h1-14,16-17,19-20H,15,18H2/b11-7+,14-8+. The monoisotopic (exact) mass is 382 g/mol. The van der Waals surface area contributed by atoms with Crippen LogP contribution in [0.5, 0.6) is 5.75 Å². The highest BCUT2D eigenvalue weighted by molar-refractivity contribution is 5.91. The van der Waals surface area contributed by atoms with Crippen LogP contribution in [0.1, 0.15) is 27.9 Å². The van der Waals surface area contributed by atoms with Gasteiger partial charge in [-0.25, -0.2) is 4.79 Å². The molecule has 0 radical (unpaired) electrons. The predicted molar refractivity (Wildman–Crippen MR) is 116 cm³/mol. The fraction of sp³-hybridized carbons (Fsp3) is 0.0769. The first-order valence-electron chi connectivity index (χ1n) is 9.49. The molecule has 0 heterocycles. The van der Waals surface area contributed by atoms with E-state index in [1.807, 2.05) is 60.7 Å². The van der Waals surface area contributed by atoms with E-state index in [1.54, 1.807) is 48.6 Å². The molecule has 0 spiro atoms. The van der Waals surface area contributed by atoms with Gasteiger partial charge >= 0.3 is 5.97 Å². The molecule has 29 heavy (non-hydrogen) atoms.